The minimum atomic E-state index is -0.0503. The minimum Gasteiger partial charge on any atom is -0.491 e. The zero-order valence-corrected chi connectivity index (χ0v) is 13.1. The fourth-order valence-corrected chi connectivity index (χ4v) is 1.97. The largest absolute Gasteiger partial charge is 0.491 e. The number of ether oxygens (including phenoxy) is 3. The highest BCUT2D eigenvalue weighted by Gasteiger charge is 2.08. The van der Waals surface area contributed by atoms with Gasteiger partial charge in [0, 0.05) is 36.4 Å². The fraction of sp³-hybridized carbons (Fsp3) is 0.571. The summed E-state index contributed by atoms with van der Waals surface area (Å²) in [5.41, 5.74) is 6.91. The van der Waals surface area contributed by atoms with Crippen molar-refractivity contribution < 1.29 is 14.2 Å². The second-order valence-corrected chi connectivity index (χ2v) is 5.19. The van der Waals surface area contributed by atoms with Crippen LogP contribution >= 0.6 is 15.9 Å². The fourth-order valence-electron chi connectivity index (χ4n) is 1.63. The summed E-state index contributed by atoms with van der Waals surface area (Å²) >= 11 is 3.43. The molecule has 0 aromatic heterocycles. The van der Waals surface area contributed by atoms with Crippen molar-refractivity contribution in [2.24, 2.45) is 5.73 Å². The van der Waals surface area contributed by atoms with E-state index in [0.717, 1.165) is 28.8 Å². The molecule has 1 aromatic carbocycles. The van der Waals surface area contributed by atoms with Gasteiger partial charge in [0.2, 0.25) is 0 Å². The average Bonchev–Trinajstić information content (AvgIpc) is 2.37. The highest BCUT2D eigenvalue weighted by atomic mass is 79.9. The Kier molecular flexibility index (Phi) is 8.05. The Morgan fingerprint density at radius 3 is 2.68 bits per heavy atom. The Bertz CT molecular complexity index is 372. The quantitative estimate of drug-likeness (QED) is 0.707. The van der Waals surface area contributed by atoms with Crippen molar-refractivity contribution in [3.8, 4) is 5.75 Å². The van der Waals surface area contributed by atoms with Crippen molar-refractivity contribution in [2.45, 2.75) is 19.4 Å². The highest BCUT2D eigenvalue weighted by Crippen LogP contribution is 2.27. The molecule has 0 aliphatic heterocycles. The van der Waals surface area contributed by atoms with Gasteiger partial charge in [0.25, 0.3) is 0 Å². The van der Waals surface area contributed by atoms with Crippen molar-refractivity contribution in [1.82, 2.24) is 0 Å². The number of methoxy groups -OCH3 is 1. The molecule has 108 valence electrons. The second kappa shape index (κ2) is 9.31. The molecule has 1 aromatic rings. The van der Waals surface area contributed by atoms with Crippen LogP contribution in [-0.2, 0) is 9.47 Å². The first-order chi connectivity index (χ1) is 9.15. The van der Waals surface area contributed by atoms with E-state index in [1.54, 1.807) is 7.11 Å². The molecule has 4 nitrogen and oxygen atoms in total. The molecule has 0 amide bonds. The molecular weight excluding hydrogens is 310 g/mol. The van der Waals surface area contributed by atoms with Gasteiger partial charge in [-0.25, -0.2) is 0 Å². The van der Waals surface area contributed by atoms with E-state index in [0.29, 0.717) is 19.8 Å². The third kappa shape index (κ3) is 6.38. The summed E-state index contributed by atoms with van der Waals surface area (Å²) < 4.78 is 17.1. The lowest BCUT2D eigenvalue weighted by Gasteiger charge is -2.14. The minimum absolute atomic E-state index is 0.0503. The average molecular weight is 332 g/mol. The number of hydrogen-bond donors (Lipinski definition) is 1. The van der Waals surface area contributed by atoms with E-state index in [-0.39, 0.29) is 6.04 Å². The Hall–Kier alpha value is -0.620. The Morgan fingerprint density at radius 1 is 1.21 bits per heavy atom. The monoisotopic (exact) mass is 331 g/mol. The van der Waals surface area contributed by atoms with Crippen molar-refractivity contribution in [3.05, 3.63) is 28.2 Å². The zero-order chi connectivity index (χ0) is 14.1. The van der Waals surface area contributed by atoms with Crippen molar-refractivity contribution >= 4 is 15.9 Å². The van der Waals surface area contributed by atoms with Gasteiger partial charge in [-0.15, -0.1) is 0 Å². The van der Waals surface area contributed by atoms with Gasteiger partial charge in [-0.2, -0.15) is 0 Å². The zero-order valence-electron chi connectivity index (χ0n) is 11.5. The first-order valence-corrected chi connectivity index (χ1v) is 7.19. The van der Waals surface area contributed by atoms with Gasteiger partial charge in [0.1, 0.15) is 12.4 Å². The number of halogens is 1. The first-order valence-electron chi connectivity index (χ1n) is 6.39. The van der Waals surface area contributed by atoms with Gasteiger partial charge >= 0.3 is 0 Å². The molecule has 0 bridgehead atoms. The molecular formula is C14H22BrNO3. The van der Waals surface area contributed by atoms with Crippen LogP contribution < -0.4 is 10.5 Å². The number of nitrogens with two attached hydrogens (primary N) is 1. The molecule has 0 aliphatic rings. The Morgan fingerprint density at radius 2 is 2.00 bits per heavy atom. The van der Waals surface area contributed by atoms with Gasteiger partial charge in [0.15, 0.2) is 0 Å². The van der Waals surface area contributed by atoms with Gasteiger partial charge < -0.3 is 19.9 Å². The first kappa shape index (κ1) is 16.4. The van der Waals surface area contributed by atoms with Crippen LogP contribution in [0, 0.1) is 0 Å². The summed E-state index contributed by atoms with van der Waals surface area (Å²) in [6, 6.07) is 5.82. The summed E-state index contributed by atoms with van der Waals surface area (Å²) in [6.07, 6.45) is 0.901. The van der Waals surface area contributed by atoms with Crippen molar-refractivity contribution in [2.75, 3.05) is 33.5 Å². The molecule has 0 heterocycles. The van der Waals surface area contributed by atoms with Crippen LogP contribution in [0.2, 0.25) is 0 Å². The summed E-state index contributed by atoms with van der Waals surface area (Å²) in [6.45, 7) is 4.44. The third-order valence-electron chi connectivity index (χ3n) is 2.59. The number of benzene rings is 1. The van der Waals surface area contributed by atoms with E-state index in [4.69, 9.17) is 19.9 Å². The predicted molar refractivity (Wildman–Crippen MR) is 79.6 cm³/mol. The van der Waals surface area contributed by atoms with Gasteiger partial charge in [-0.3, -0.25) is 0 Å². The molecule has 1 atom stereocenters. The van der Waals surface area contributed by atoms with E-state index in [1.165, 1.54) is 0 Å². The summed E-state index contributed by atoms with van der Waals surface area (Å²) in [5.74, 6) is 0.810. The standard InChI is InChI=1S/C14H22BrNO3/c1-11(16)13-5-4-12(15)10-14(13)19-9-8-18-7-3-6-17-2/h4-5,10-11H,3,6-9,16H2,1-2H3. The number of rotatable bonds is 9. The summed E-state index contributed by atoms with van der Waals surface area (Å²) in [4.78, 5) is 0. The SMILES string of the molecule is COCCCOCCOc1cc(Br)ccc1C(C)N. The molecule has 5 heteroatoms. The van der Waals surface area contributed by atoms with Gasteiger partial charge in [0.05, 0.1) is 6.61 Å². The molecule has 0 radical (unpaired) electrons. The van der Waals surface area contributed by atoms with E-state index in [9.17, 15) is 0 Å². The summed E-state index contributed by atoms with van der Waals surface area (Å²) in [7, 11) is 1.69. The van der Waals surface area contributed by atoms with Gasteiger partial charge in [-0.1, -0.05) is 22.0 Å². The highest BCUT2D eigenvalue weighted by molar-refractivity contribution is 9.10. The van der Waals surface area contributed by atoms with E-state index < -0.39 is 0 Å². The van der Waals surface area contributed by atoms with E-state index in [2.05, 4.69) is 15.9 Å². The second-order valence-electron chi connectivity index (χ2n) is 4.28. The molecule has 0 fully saturated rings. The smallest absolute Gasteiger partial charge is 0.125 e. The molecule has 0 saturated carbocycles. The van der Waals surface area contributed by atoms with Gasteiger partial charge in [-0.05, 0) is 25.5 Å². The van der Waals surface area contributed by atoms with Crippen molar-refractivity contribution in [3.63, 3.8) is 0 Å². The van der Waals surface area contributed by atoms with Crippen LogP contribution in [0.15, 0.2) is 22.7 Å². The molecule has 1 rings (SSSR count). The Balaban J connectivity index is 2.34. The van der Waals surface area contributed by atoms with Crippen LogP contribution in [0.3, 0.4) is 0 Å². The molecule has 0 aliphatic carbocycles. The maximum Gasteiger partial charge on any atom is 0.125 e. The van der Waals surface area contributed by atoms with Crippen LogP contribution in [0.1, 0.15) is 24.9 Å². The molecule has 0 saturated heterocycles. The van der Waals surface area contributed by atoms with E-state index >= 15 is 0 Å². The van der Waals surface area contributed by atoms with Crippen LogP contribution in [0.25, 0.3) is 0 Å². The molecule has 2 N–H and O–H groups in total. The predicted octanol–water partition coefficient (Wildman–Crippen LogP) is 2.90. The Labute approximate surface area is 123 Å². The van der Waals surface area contributed by atoms with Crippen LogP contribution in [-0.4, -0.2) is 33.5 Å². The molecule has 1 unspecified atom stereocenters. The summed E-state index contributed by atoms with van der Waals surface area (Å²) in [5, 5.41) is 0. The van der Waals surface area contributed by atoms with Crippen molar-refractivity contribution in [1.29, 1.82) is 0 Å². The maximum atomic E-state index is 5.91. The number of hydrogen-bond acceptors (Lipinski definition) is 4. The lowest BCUT2D eigenvalue weighted by atomic mass is 10.1. The normalized spacial score (nSPS) is 12.4. The van der Waals surface area contributed by atoms with Crippen LogP contribution in [0.5, 0.6) is 5.75 Å². The lowest BCUT2D eigenvalue weighted by Crippen LogP contribution is -2.12. The maximum absolute atomic E-state index is 5.91. The molecule has 19 heavy (non-hydrogen) atoms. The third-order valence-corrected chi connectivity index (χ3v) is 3.08. The molecule has 0 spiro atoms. The topological polar surface area (TPSA) is 53.7 Å². The van der Waals surface area contributed by atoms with Crippen LogP contribution in [0.4, 0.5) is 0 Å². The lowest BCUT2D eigenvalue weighted by molar-refractivity contribution is 0.0803. The van der Waals surface area contributed by atoms with E-state index in [1.807, 2.05) is 25.1 Å².